The predicted molar refractivity (Wildman–Crippen MR) is 119 cm³/mol. The Bertz CT molecular complexity index is 1100. The van der Waals surface area contributed by atoms with Crippen LogP contribution in [0.5, 0.6) is 0 Å². The summed E-state index contributed by atoms with van der Waals surface area (Å²) in [6.45, 7) is 8.03. The Morgan fingerprint density at radius 2 is 1.83 bits per heavy atom. The molecule has 0 bridgehead atoms. The maximum Gasteiger partial charge on any atom is 0.261 e. The van der Waals surface area contributed by atoms with Crippen LogP contribution in [0.15, 0.2) is 47.3 Å². The summed E-state index contributed by atoms with van der Waals surface area (Å²) >= 11 is 5.98. The first-order chi connectivity index (χ1) is 13.7. The van der Waals surface area contributed by atoms with Crippen LogP contribution in [0.1, 0.15) is 45.5 Å². The normalized spacial score (nSPS) is 11.6. The Labute approximate surface area is 175 Å². The monoisotopic (exact) mass is 411 g/mol. The minimum Gasteiger partial charge on any atom is -0.326 e. The van der Waals surface area contributed by atoms with Gasteiger partial charge in [0.2, 0.25) is 5.91 Å². The van der Waals surface area contributed by atoms with Crippen molar-refractivity contribution >= 4 is 34.1 Å². The van der Waals surface area contributed by atoms with E-state index in [-0.39, 0.29) is 11.5 Å². The summed E-state index contributed by atoms with van der Waals surface area (Å²) in [5, 5.41) is 4.04. The van der Waals surface area contributed by atoms with Crippen LogP contribution >= 0.6 is 11.6 Å². The summed E-state index contributed by atoms with van der Waals surface area (Å²) in [4.78, 5) is 30.4. The lowest BCUT2D eigenvalue weighted by atomic mass is 9.95. The van der Waals surface area contributed by atoms with E-state index in [0.29, 0.717) is 34.6 Å². The highest BCUT2D eigenvalue weighted by Crippen LogP contribution is 2.21. The van der Waals surface area contributed by atoms with Crippen LogP contribution in [0.25, 0.3) is 10.9 Å². The van der Waals surface area contributed by atoms with E-state index in [4.69, 9.17) is 16.6 Å². The lowest BCUT2D eigenvalue weighted by Gasteiger charge is -2.18. The summed E-state index contributed by atoms with van der Waals surface area (Å²) in [5.41, 5.74) is 1.58. The molecule has 3 aromatic rings. The molecule has 6 heteroatoms. The zero-order chi connectivity index (χ0) is 21.2. The molecule has 1 N–H and O–H groups in total. The molecule has 1 amide bonds. The van der Waals surface area contributed by atoms with Crippen LogP contribution in [0.2, 0.25) is 5.02 Å². The number of anilines is 1. The molecule has 1 aromatic heterocycles. The van der Waals surface area contributed by atoms with Crippen molar-refractivity contribution in [3.63, 3.8) is 0 Å². The number of aromatic nitrogens is 2. The van der Waals surface area contributed by atoms with E-state index in [1.807, 2.05) is 45.0 Å². The number of hydrogen-bond donors (Lipinski definition) is 1. The number of aryl methyl sites for hydroxylation is 1. The highest BCUT2D eigenvalue weighted by Gasteiger charge is 2.21. The first-order valence-electron chi connectivity index (χ1n) is 9.78. The first-order valence-corrected chi connectivity index (χ1v) is 10.2. The molecule has 3 rings (SSSR count). The van der Waals surface area contributed by atoms with Gasteiger partial charge in [0.1, 0.15) is 5.82 Å². The average molecular weight is 412 g/mol. The number of nitrogens with zero attached hydrogens (tertiary/aromatic N) is 2. The molecular formula is C23H26ClN3O2. The Hall–Kier alpha value is -2.66. The van der Waals surface area contributed by atoms with E-state index in [2.05, 4.69) is 12.2 Å². The van der Waals surface area contributed by atoms with Gasteiger partial charge < -0.3 is 5.32 Å². The summed E-state index contributed by atoms with van der Waals surface area (Å²) in [7, 11) is 0. The zero-order valence-electron chi connectivity index (χ0n) is 17.3. The topological polar surface area (TPSA) is 64.0 Å². The van der Waals surface area contributed by atoms with E-state index in [9.17, 15) is 9.59 Å². The van der Waals surface area contributed by atoms with Gasteiger partial charge >= 0.3 is 0 Å². The van der Waals surface area contributed by atoms with E-state index >= 15 is 0 Å². The Morgan fingerprint density at radius 1 is 1.14 bits per heavy atom. The molecule has 0 unspecified atom stereocenters. The largest absolute Gasteiger partial charge is 0.326 e. The maximum atomic E-state index is 13.3. The summed E-state index contributed by atoms with van der Waals surface area (Å²) in [5.74, 6) is 0.653. The second-order valence-electron chi connectivity index (χ2n) is 8.23. The molecule has 0 atom stereocenters. The van der Waals surface area contributed by atoms with Gasteiger partial charge in [-0.05, 0) is 42.3 Å². The summed E-state index contributed by atoms with van der Waals surface area (Å²) < 4.78 is 1.71. The molecule has 5 nitrogen and oxygen atoms in total. The third-order valence-corrected chi connectivity index (χ3v) is 4.95. The summed E-state index contributed by atoms with van der Waals surface area (Å²) in [6, 6.07) is 12.7. The molecule has 2 aromatic carbocycles. The fourth-order valence-electron chi connectivity index (χ4n) is 3.01. The number of fused-ring (bicyclic) bond motifs is 1. The van der Waals surface area contributed by atoms with Crippen molar-refractivity contribution in [3.05, 3.63) is 69.2 Å². The number of hydrogen-bond acceptors (Lipinski definition) is 3. The quantitative estimate of drug-likeness (QED) is 0.640. The van der Waals surface area contributed by atoms with Gasteiger partial charge in [-0.25, -0.2) is 4.98 Å². The van der Waals surface area contributed by atoms with Gasteiger partial charge in [0, 0.05) is 22.5 Å². The third-order valence-electron chi connectivity index (χ3n) is 4.70. The molecule has 152 valence electrons. The van der Waals surface area contributed by atoms with Crippen LogP contribution in [0.3, 0.4) is 0 Å². The van der Waals surface area contributed by atoms with Crippen molar-refractivity contribution < 1.29 is 4.79 Å². The number of carbonyl (C=O) groups excluding carboxylic acids is 1. The van der Waals surface area contributed by atoms with Gasteiger partial charge in [-0.1, -0.05) is 51.4 Å². The molecule has 0 aliphatic heterocycles. The van der Waals surface area contributed by atoms with Crippen molar-refractivity contribution in [1.29, 1.82) is 0 Å². The molecular weight excluding hydrogens is 386 g/mol. The molecule has 0 radical (unpaired) electrons. The molecule has 0 saturated carbocycles. The number of nitrogens with one attached hydrogen (secondary N) is 1. The van der Waals surface area contributed by atoms with E-state index in [1.54, 1.807) is 22.8 Å². The van der Waals surface area contributed by atoms with Gasteiger partial charge in [-0.3, -0.25) is 14.2 Å². The first kappa shape index (κ1) is 21.1. The van der Waals surface area contributed by atoms with Crippen LogP contribution in [-0.2, 0) is 17.8 Å². The fourth-order valence-corrected chi connectivity index (χ4v) is 3.14. The highest BCUT2D eigenvalue weighted by atomic mass is 35.5. The molecule has 0 spiro atoms. The third kappa shape index (κ3) is 4.85. The van der Waals surface area contributed by atoms with Crippen LogP contribution < -0.4 is 10.9 Å². The van der Waals surface area contributed by atoms with E-state index < -0.39 is 5.41 Å². The zero-order valence-corrected chi connectivity index (χ0v) is 18.0. The molecule has 29 heavy (non-hydrogen) atoms. The lowest BCUT2D eigenvalue weighted by molar-refractivity contribution is -0.123. The van der Waals surface area contributed by atoms with Crippen molar-refractivity contribution in [2.45, 2.75) is 47.1 Å². The van der Waals surface area contributed by atoms with Gasteiger partial charge in [-0.15, -0.1) is 0 Å². The van der Waals surface area contributed by atoms with E-state index in [1.165, 1.54) is 0 Å². The Kier molecular flexibility index (Phi) is 6.08. The average Bonchev–Trinajstić information content (AvgIpc) is 2.66. The van der Waals surface area contributed by atoms with E-state index in [0.717, 1.165) is 17.8 Å². The summed E-state index contributed by atoms with van der Waals surface area (Å²) in [6.07, 6.45) is 1.60. The minimum atomic E-state index is -0.521. The smallest absolute Gasteiger partial charge is 0.261 e. The second-order valence-corrected chi connectivity index (χ2v) is 8.67. The molecule has 1 heterocycles. The molecule has 0 saturated heterocycles. The molecule has 0 fully saturated rings. The predicted octanol–water partition coefficient (Wildman–Crippen LogP) is 5.04. The minimum absolute atomic E-state index is 0.103. The Balaban J connectivity index is 2.07. The van der Waals surface area contributed by atoms with Crippen molar-refractivity contribution in [3.8, 4) is 0 Å². The van der Waals surface area contributed by atoms with Gasteiger partial charge in [0.25, 0.3) is 5.56 Å². The van der Waals surface area contributed by atoms with Crippen LogP contribution in [-0.4, -0.2) is 15.5 Å². The van der Waals surface area contributed by atoms with Gasteiger partial charge in [-0.2, -0.15) is 0 Å². The number of amides is 1. The highest BCUT2D eigenvalue weighted by molar-refractivity contribution is 6.30. The van der Waals surface area contributed by atoms with Crippen LogP contribution in [0, 0.1) is 5.41 Å². The van der Waals surface area contributed by atoms with Crippen LogP contribution in [0.4, 0.5) is 5.69 Å². The standard InChI is InChI=1S/C23H26ClN3O2/c1-5-6-20-26-19-12-11-17(25-22(29)23(2,3)4)13-18(19)21(28)27(20)14-15-7-9-16(24)10-8-15/h7-13H,5-6,14H2,1-4H3,(H,25,29). The number of rotatable bonds is 5. The van der Waals surface area contributed by atoms with Crippen molar-refractivity contribution in [2.75, 3.05) is 5.32 Å². The Morgan fingerprint density at radius 3 is 2.45 bits per heavy atom. The fraction of sp³-hybridized carbons (Fsp3) is 0.348. The SMILES string of the molecule is CCCc1nc2ccc(NC(=O)C(C)(C)C)cc2c(=O)n1Cc1ccc(Cl)cc1. The van der Waals surface area contributed by atoms with Crippen molar-refractivity contribution in [1.82, 2.24) is 9.55 Å². The van der Waals surface area contributed by atoms with Gasteiger partial charge in [0.15, 0.2) is 0 Å². The molecule has 0 aliphatic carbocycles. The lowest BCUT2D eigenvalue weighted by Crippen LogP contribution is -2.28. The maximum absolute atomic E-state index is 13.3. The number of carbonyl (C=O) groups is 1. The number of benzene rings is 2. The van der Waals surface area contributed by atoms with Gasteiger partial charge in [0.05, 0.1) is 17.4 Å². The second kappa shape index (κ2) is 8.37. The van der Waals surface area contributed by atoms with Crippen molar-refractivity contribution in [2.24, 2.45) is 5.41 Å². The number of halogens is 1. The molecule has 0 aliphatic rings.